The molecular formula is C4H11NO4S. The summed E-state index contributed by atoms with van der Waals surface area (Å²) in [7, 11) is -4.24. The zero-order valence-corrected chi connectivity index (χ0v) is 6.52. The van der Waals surface area contributed by atoms with Crippen molar-refractivity contribution in [2.45, 2.75) is 6.92 Å². The van der Waals surface area contributed by atoms with Crippen LogP contribution in [0.4, 0.5) is 0 Å². The average molecular weight is 169 g/mol. The van der Waals surface area contributed by atoms with Crippen molar-refractivity contribution in [3.63, 3.8) is 0 Å². The van der Waals surface area contributed by atoms with Crippen molar-refractivity contribution in [2.75, 3.05) is 19.7 Å². The van der Waals surface area contributed by atoms with Gasteiger partial charge in [-0.2, -0.15) is 8.42 Å². The summed E-state index contributed by atoms with van der Waals surface area (Å²) in [5.41, 5.74) is 0. The molecule has 5 nitrogen and oxygen atoms in total. The van der Waals surface area contributed by atoms with Crippen LogP contribution in [-0.2, 0) is 14.6 Å². The van der Waals surface area contributed by atoms with Crippen molar-refractivity contribution in [3.05, 3.63) is 0 Å². The molecular weight excluding hydrogens is 158 g/mol. The Bertz CT molecular complexity index is 164. The Morgan fingerprint density at radius 3 is 2.60 bits per heavy atom. The Kier molecular flexibility index (Phi) is 4.54. The smallest absolute Gasteiger partial charge is 0.315 e. The van der Waals surface area contributed by atoms with E-state index in [1.807, 2.05) is 6.92 Å². The zero-order valence-electron chi connectivity index (χ0n) is 5.70. The average Bonchev–Trinajstić information content (AvgIpc) is 1.78. The quantitative estimate of drug-likeness (QED) is 0.425. The first kappa shape index (κ1) is 9.83. The largest absolute Gasteiger partial charge is 0.397 e. The molecule has 0 aromatic rings. The van der Waals surface area contributed by atoms with E-state index in [1.165, 1.54) is 0 Å². The van der Waals surface area contributed by atoms with Gasteiger partial charge in [-0.3, -0.25) is 4.55 Å². The van der Waals surface area contributed by atoms with E-state index in [-0.39, 0.29) is 6.61 Å². The SMILES string of the molecule is CCNCCOS(=O)(=O)O. The van der Waals surface area contributed by atoms with Crippen LogP contribution in [0.1, 0.15) is 6.92 Å². The molecule has 0 spiro atoms. The van der Waals surface area contributed by atoms with Gasteiger partial charge >= 0.3 is 10.4 Å². The van der Waals surface area contributed by atoms with Crippen LogP contribution in [-0.4, -0.2) is 32.7 Å². The minimum Gasteiger partial charge on any atom is -0.315 e. The summed E-state index contributed by atoms with van der Waals surface area (Å²) in [6.45, 7) is 3.01. The third-order valence-electron chi connectivity index (χ3n) is 0.761. The molecule has 6 heteroatoms. The van der Waals surface area contributed by atoms with Gasteiger partial charge in [0.15, 0.2) is 0 Å². The molecule has 0 aromatic heterocycles. The highest BCUT2D eigenvalue weighted by molar-refractivity contribution is 7.80. The number of nitrogens with one attached hydrogen (secondary N) is 1. The van der Waals surface area contributed by atoms with E-state index in [0.717, 1.165) is 6.54 Å². The fraction of sp³-hybridized carbons (Fsp3) is 1.00. The molecule has 0 aliphatic carbocycles. The zero-order chi connectivity index (χ0) is 8.04. The second kappa shape index (κ2) is 4.62. The van der Waals surface area contributed by atoms with Crippen molar-refractivity contribution in [2.24, 2.45) is 0 Å². The molecule has 0 unspecified atom stereocenters. The Balaban J connectivity index is 3.21. The monoisotopic (exact) mass is 169 g/mol. The van der Waals surface area contributed by atoms with Gasteiger partial charge in [-0.25, -0.2) is 4.18 Å². The number of likely N-dealkylation sites (N-methyl/N-ethyl adjacent to an activating group) is 1. The second-order valence-corrected chi connectivity index (χ2v) is 2.69. The molecule has 0 fully saturated rings. The van der Waals surface area contributed by atoms with E-state index in [0.29, 0.717) is 6.54 Å². The van der Waals surface area contributed by atoms with Gasteiger partial charge < -0.3 is 5.32 Å². The lowest BCUT2D eigenvalue weighted by Gasteiger charge is -1.99. The van der Waals surface area contributed by atoms with Crippen LogP contribution in [0.15, 0.2) is 0 Å². The maximum Gasteiger partial charge on any atom is 0.397 e. The minimum absolute atomic E-state index is 0.0350. The Morgan fingerprint density at radius 2 is 2.20 bits per heavy atom. The first-order valence-electron chi connectivity index (χ1n) is 2.89. The summed E-state index contributed by atoms with van der Waals surface area (Å²) in [5, 5.41) is 2.82. The van der Waals surface area contributed by atoms with Gasteiger partial charge in [-0.05, 0) is 6.54 Å². The Morgan fingerprint density at radius 1 is 1.60 bits per heavy atom. The van der Waals surface area contributed by atoms with Gasteiger partial charge in [0, 0.05) is 6.54 Å². The summed E-state index contributed by atoms with van der Waals surface area (Å²) in [5.74, 6) is 0. The van der Waals surface area contributed by atoms with E-state index < -0.39 is 10.4 Å². The molecule has 0 heterocycles. The first-order chi connectivity index (χ1) is 4.56. The Hall–Kier alpha value is -0.170. The van der Waals surface area contributed by atoms with Crippen molar-refractivity contribution in [1.29, 1.82) is 0 Å². The van der Waals surface area contributed by atoms with Crippen LogP contribution in [0.2, 0.25) is 0 Å². The van der Waals surface area contributed by atoms with Crippen LogP contribution in [0.25, 0.3) is 0 Å². The molecule has 2 N–H and O–H groups in total. The number of hydrogen-bond donors (Lipinski definition) is 2. The predicted octanol–water partition coefficient (Wildman–Crippen LogP) is -0.585. The summed E-state index contributed by atoms with van der Waals surface area (Å²) in [4.78, 5) is 0. The lowest BCUT2D eigenvalue weighted by molar-refractivity contribution is 0.268. The van der Waals surface area contributed by atoms with E-state index in [2.05, 4.69) is 9.50 Å². The first-order valence-corrected chi connectivity index (χ1v) is 4.25. The van der Waals surface area contributed by atoms with E-state index in [9.17, 15) is 8.42 Å². The van der Waals surface area contributed by atoms with Crippen LogP contribution in [0.3, 0.4) is 0 Å². The molecule has 0 aliphatic rings. The van der Waals surface area contributed by atoms with Gasteiger partial charge in [-0.1, -0.05) is 6.92 Å². The van der Waals surface area contributed by atoms with Crippen LogP contribution < -0.4 is 5.32 Å². The molecule has 0 aromatic carbocycles. The molecule has 0 radical (unpaired) electrons. The van der Waals surface area contributed by atoms with E-state index in [1.54, 1.807) is 0 Å². The molecule has 0 atom stereocenters. The second-order valence-electron chi connectivity index (χ2n) is 1.60. The predicted molar refractivity (Wildman–Crippen MR) is 36.0 cm³/mol. The number of rotatable bonds is 5. The van der Waals surface area contributed by atoms with Crippen molar-refractivity contribution < 1.29 is 17.2 Å². The van der Waals surface area contributed by atoms with Crippen LogP contribution in [0, 0.1) is 0 Å². The molecule has 62 valence electrons. The maximum atomic E-state index is 9.90. The maximum absolute atomic E-state index is 9.90. The third-order valence-corrected chi connectivity index (χ3v) is 1.23. The highest BCUT2D eigenvalue weighted by Gasteiger charge is 2.01. The van der Waals surface area contributed by atoms with Gasteiger partial charge in [-0.15, -0.1) is 0 Å². The lowest BCUT2D eigenvalue weighted by Crippen LogP contribution is -2.20. The molecule has 10 heavy (non-hydrogen) atoms. The molecule has 0 amide bonds. The summed E-state index contributed by atoms with van der Waals surface area (Å²) in [6, 6.07) is 0. The molecule has 0 saturated heterocycles. The standard InChI is InChI=1S/C4H11NO4S/c1-2-5-3-4-9-10(6,7)8/h5H,2-4H2,1H3,(H,6,7,8). The molecule has 0 saturated carbocycles. The number of hydrogen-bond acceptors (Lipinski definition) is 4. The van der Waals surface area contributed by atoms with E-state index in [4.69, 9.17) is 4.55 Å². The summed E-state index contributed by atoms with van der Waals surface area (Å²) < 4.78 is 31.8. The van der Waals surface area contributed by atoms with Crippen molar-refractivity contribution in [1.82, 2.24) is 5.32 Å². The van der Waals surface area contributed by atoms with Crippen LogP contribution >= 0.6 is 0 Å². The Labute approximate surface area is 60.3 Å². The molecule has 0 rings (SSSR count). The lowest BCUT2D eigenvalue weighted by atomic mass is 10.6. The fourth-order valence-electron chi connectivity index (χ4n) is 0.396. The molecule has 0 aliphatic heterocycles. The summed E-state index contributed by atoms with van der Waals surface area (Å²) in [6.07, 6.45) is 0. The van der Waals surface area contributed by atoms with Gasteiger partial charge in [0.2, 0.25) is 0 Å². The van der Waals surface area contributed by atoms with Crippen LogP contribution in [0.5, 0.6) is 0 Å². The van der Waals surface area contributed by atoms with Gasteiger partial charge in [0.25, 0.3) is 0 Å². The van der Waals surface area contributed by atoms with Gasteiger partial charge in [0.1, 0.15) is 0 Å². The summed E-state index contributed by atoms with van der Waals surface area (Å²) >= 11 is 0. The molecule has 0 bridgehead atoms. The van der Waals surface area contributed by atoms with Crippen molar-refractivity contribution >= 4 is 10.4 Å². The highest BCUT2D eigenvalue weighted by Crippen LogP contribution is 1.82. The third kappa shape index (κ3) is 7.83. The fourth-order valence-corrected chi connectivity index (χ4v) is 0.690. The highest BCUT2D eigenvalue weighted by atomic mass is 32.3. The van der Waals surface area contributed by atoms with Gasteiger partial charge in [0.05, 0.1) is 6.61 Å². The van der Waals surface area contributed by atoms with E-state index >= 15 is 0 Å². The topological polar surface area (TPSA) is 75.6 Å². The normalized spacial score (nSPS) is 11.8. The van der Waals surface area contributed by atoms with Crippen molar-refractivity contribution in [3.8, 4) is 0 Å². The minimum atomic E-state index is -4.24.